The summed E-state index contributed by atoms with van der Waals surface area (Å²) in [5.41, 5.74) is 0.975. The lowest BCUT2D eigenvalue weighted by Crippen LogP contribution is -2.50. The van der Waals surface area contributed by atoms with Gasteiger partial charge in [-0.15, -0.1) is 0 Å². The summed E-state index contributed by atoms with van der Waals surface area (Å²) < 4.78 is 26.3. The van der Waals surface area contributed by atoms with Crippen LogP contribution in [-0.2, 0) is 21.4 Å². The van der Waals surface area contributed by atoms with E-state index in [1.807, 2.05) is 13.8 Å². The molecule has 0 spiro atoms. The summed E-state index contributed by atoms with van der Waals surface area (Å²) in [6.45, 7) is 3.74. The van der Waals surface area contributed by atoms with Gasteiger partial charge in [0.25, 0.3) is 11.8 Å². The molecule has 2 aromatic rings. The van der Waals surface area contributed by atoms with E-state index in [4.69, 9.17) is 0 Å². The number of hydrogen-bond acceptors (Lipinski definition) is 5. The van der Waals surface area contributed by atoms with E-state index in [9.17, 15) is 22.8 Å². The second-order valence-electron chi connectivity index (χ2n) is 8.28. The highest BCUT2D eigenvalue weighted by Gasteiger charge is 2.42. The summed E-state index contributed by atoms with van der Waals surface area (Å²) in [5.74, 6) is -1.47. The lowest BCUT2D eigenvalue weighted by molar-refractivity contribution is -0.125. The molecule has 1 aliphatic rings. The Balaban J connectivity index is 1.86. The summed E-state index contributed by atoms with van der Waals surface area (Å²) in [7, 11) is -0.829. The van der Waals surface area contributed by atoms with Crippen molar-refractivity contribution in [2.75, 3.05) is 14.1 Å². The van der Waals surface area contributed by atoms with Crippen molar-refractivity contribution in [3.63, 3.8) is 0 Å². The summed E-state index contributed by atoms with van der Waals surface area (Å²) in [6.07, 6.45) is 0.287. The number of benzene rings is 2. The Kier molecular flexibility index (Phi) is 6.80. The van der Waals surface area contributed by atoms with Crippen molar-refractivity contribution in [1.82, 2.24) is 14.5 Å². The van der Waals surface area contributed by atoms with Crippen molar-refractivity contribution in [1.29, 1.82) is 0 Å². The molecular weight excluding hydrogens is 430 g/mol. The number of imide groups is 1. The maximum absolute atomic E-state index is 13.2. The molecule has 32 heavy (non-hydrogen) atoms. The number of fused-ring (bicyclic) bond motifs is 1. The van der Waals surface area contributed by atoms with Crippen LogP contribution in [0.3, 0.4) is 0 Å². The first-order valence-electron chi connectivity index (χ1n) is 10.3. The predicted molar refractivity (Wildman–Crippen MR) is 119 cm³/mol. The molecule has 1 unspecified atom stereocenters. The molecule has 2 aromatic carbocycles. The van der Waals surface area contributed by atoms with Crippen molar-refractivity contribution < 1.29 is 22.8 Å². The van der Waals surface area contributed by atoms with Gasteiger partial charge in [-0.05, 0) is 36.1 Å². The monoisotopic (exact) mass is 457 g/mol. The zero-order valence-corrected chi connectivity index (χ0v) is 19.3. The fourth-order valence-corrected chi connectivity index (χ4v) is 4.78. The molecular formula is C23H27N3O5S. The highest BCUT2D eigenvalue weighted by molar-refractivity contribution is 7.89. The predicted octanol–water partition coefficient (Wildman–Crippen LogP) is 2.26. The van der Waals surface area contributed by atoms with E-state index in [1.165, 1.54) is 20.2 Å². The topological polar surface area (TPSA) is 104 Å². The van der Waals surface area contributed by atoms with Crippen LogP contribution in [-0.4, -0.2) is 55.5 Å². The molecule has 3 rings (SSSR count). The molecule has 1 aliphatic heterocycles. The minimum Gasteiger partial charge on any atom is -0.350 e. The van der Waals surface area contributed by atoms with Crippen LogP contribution < -0.4 is 5.32 Å². The Morgan fingerprint density at radius 1 is 0.969 bits per heavy atom. The number of carbonyl (C=O) groups is 3. The molecule has 0 aliphatic carbocycles. The van der Waals surface area contributed by atoms with Gasteiger partial charge >= 0.3 is 0 Å². The van der Waals surface area contributed by atoms with Gasteiger partial charge in [0.05, 0.1) is 16.0 Å². The fraction of sp³-hybridized carbons (Fsp3) is 0.348. The normalized spacial score (nSPS) is 14.8. The van der Waals surface area contributed by atoms with E-state index in [-0.39, 0.29) is 34.9 Å². The van der Waals surface area contributed by atoms with Gasteiger partial charge in [0.2, 0.25) is 15.9 Å². The minimum absolute atomic E-state index is 0.0384. The van der Waals surface area contributed by atoms with Crippen molar-refractivity contribution >= 4 is 27.7 Å². The molecule has 1 atom stereocenters. The third kappa shape index (κ3) is 4.44. The highest BCUT2D eigenvalue weighted by atomic mass is 32.2. The van der Waals surface area contributed by atoms with Crippen LogP contribution in [0.2, 0.25) is 0 Å². The average molecular weight is 458 g/mol. The van der Waals surface area contributed by atoms with Crippen molar-refractivity contribution in [3.05, 3.63) is 65.2 Å². The van der Waals surface area contributed by atoms with E-state index in [2.05, 4.69) is 5.32 Å². The Morgan fingerprint density at radius 3 is 2.03 bits per heavy atom. The van der Waals surface area contributed by atoms with E-state index >= 15 is 0 Å². The maximum Gasteiger partial charge on any atom is 0.262 e. The standard InChI is InChI=1S/C23H27N3O5S/c1-15(2)13-19(26-22(28)17-10-6-7-11-18(17)23(26)29)21(27)24-14-16-9-5-8-12-20(16)32(30,31)25(3)4/h5-12,15,19H,13-14H2,1-4H3,(H,24,27). The van der Waals surface area contributed by atoms with Gasteiger partial charge in [-0.3, -0.25) is 19.3 Å². The Labute approximate surface area is 188 Å². The van der Waals surface area contributed by atoms with E-state index < -0.39 is 33.8 Å². The number of rotatable bonds is 8. The van der Waals surface area contributed by atoms with Crippen LogP contribution in [0.25, 0.3) is 0 Å². The third-order valence-corrected chi connectivity index (χ3v) is 7.23. The smallest absolute Gasteiger partial charge is 0.262 e. The third-order valence-electron chi connectivity index (χ3n) is 5.32. The second-order valence-corrected chi connectivity index (χ2v) is 10.4. The molecule has 0 aromatic heterocycles. The number of hydrogen-bond donors (Lipinski definition) is 1. The van der Waals surface area contributed by atoms with Crippen LogP contribution in [0.5, 0.6) is 0 Å². The first-order chi connectivity index (χ1) is 15.1. The van der Waals surface area contributed by atoms with Gasteiger partial charge in [0.15, 0.2) is 0 Å². The molecule has 0 saturated heterocycles. The Hall–Kier alpha value is -3.04. The van der Waals surface area contributed by atoms with Gasteiger partial charge in [-0.25, -0.2) is 12.7 Å². The van der Waals surface area contributed by atoms with Crippen LogP contribution >= 0.6 is 0 Å². The molecule has 170 valence electrons. The van der Waals surface area contributed by atoms with Gasteiger partial charge in [0, 0.05) is 20.6 Å². The lowest BCUT2D eigenvalue weighted by Gasteiger charge is -2.27. The van der Waals surface area contributed by atoms with Crippen LogP contribution in [0.1, 0.15) is 46.5 Å². The molecule has 0 fully saturated rings. The molecule has 1 heterocycles. The summed E-state index contributed by atoms with van der Waals surface area (Å²) in [4.78, 5) is 40.1. The van der Waals surface area contributed by atoms with Crippen LogP contribution in [0.15, 0.2) is 53.4 Å². The number of nitrogens with zero attached hydrogens (tertiary/aromatic N) is 2. The SMILES string of the molecule is CC(C)CC(C(=O)NCc1ccccc1S(=O)(=O)N(C)C)N1C(=O)c2ccccc2C1=O. The molecule has 3 amide bonds. The molecule has 0 radical (unpaired) electrons. The first kappa shape index (κ1) is 23.6. The fourth-order valence-electron chi connectivity index (χ4n) is 3.67. The average Bonchev–Trinajstić information content (AvgIpc) is 3.00. The number of carbonyl (C=O) groups excluding carboxylic acids is 3. The summed E-state index contributed by atoms with van der Waals surface area (Å²) in [5, 5.41) is 2.73. The van der Waals surface area contributed by atoms with Gasteiger partial charge < -0.3 is 5.32 Å². The van der Waals surface area contributed by atoms with Gasteiger partial charge in [-0.2, -0.15) is 0 Å². The van der Waals surface area contributed by atoms with E-state index in [1.54, 1.807) is 42.5 Å². The lowest BCUT2D eigenvalue weighted by atomic mass is 10.0. The molecule has 8 nitrogen and oxygen atoms in total. The number of nitrogens with one attached hydrogen (secondary N) is 1. The molecule has 9 heteroatoms. The summed E-state index contributed by atoms with van der Waals surface area (Å²) in [6, 6.07) is 11.9. The molecule has 0 bridgehead atoms. The number of sulfonamides is 1. The Morgan fingerprint density at radius 2 is 1.50 bits per heavy atom. The molecule has 0 saturated carbocycles. The van der Waals surface area contributed by atoms with Crippen LogP contribution in [0.4, 0.5) is 0 Å². The molecule has 1 N–H and O–H groups in total. The van der Waals surface area contributed by atoms with Crippen molar-refractivity contribution in [2.45, 2.75) is 37.8 Å². The van der Waals surface area contributed by atoms with Gasteiger partial charge in [0.1, 0.15) is 6.04 Å². The zero-order chi connectivity index (χ0) is 23.6. The van der Waals surface area contributed by atoms with E-state index in [0.29, 0.717) is 5.56 Å². The van der Waals surface area contributed by atoms with Crippen LogP contribution in [0, 0.1) is 5.92 Å². The summed E-state index contributed by atoms with van der Waals surface area (Å²) >= 11 is 0. The number of amides is 3. The largest absolute Gasteiger partial charge is 0.350 e. The zero-order valence-electron chi connectivity index (χ0n) is 18.5. The maximum atomic E-state index is 13.2. The van der Waals surface area contributed by atoms with Gasteiger partial charge in [-0.1, -0.05) is 44.2 Å². The minimum atomic E-state index is -3.70. The first-order valence-corrected chi connectivity index (χ1v) is 11.7. The highest BCUT2D eigenvalue weighted by Crippen LogP contribution is 2.27. The quantitative estimate of drug-likeness (QED) is 0.613. The second kappa shape index (κ2) is 9.22. The van der Waals surface area contributed by atoms with E-state index in [0.717, 1.165) is 9.21 Å². The van der Waals surface area contributed by atoms with Crippen molar-refractivity contribution in [2.24, 2.45) is 5.92 Å². The van der Waals surface area contributed by atoms with Crippen molar-refractivity contribution in [3.8, 4) is 0 Å². The Bertz CT molecular complexity index is 1120.